The molecular weight excluding hydrogens is 332 g/mol. The normalized spacial score (nSPS) is 11.7. The van der Waals surface area contributed by atoms with Gasteiger partial charge in [-0.3, -0.25) is 9.10 Å². The molecule has 0 aliphatic heterocycles. The zero-order valence-electron chi connectivity index (χ0n) is 14.6. The first kappa shape index (κ1) is 20.0. The van der Waals surface area contributed by atoms with Crippen molar-refractivity contribution >= 4 is 27.6 Å². The maximum absolute atomic E-state index is 12.0. The average Bonchev–Trinajstić information content (AvgIpc) is 2.48. The minimum Gasteiger partial charge on any atom is -0.465 e. The zero-order chi connectivity index (χ0) is 18.5. The van der Waals surface area contributed by atoms with Crippen molar-refractivity contribution in [3.63, 3.8) is 0 Å². The number of amides is 1. The van der Waals surface area contributed by atoms with Crippen molar-refractivity contribution in [2.24, 2.45) is 5.41 Å². The third-order valence-corrected chi connectivity index (χ3v) is 4.45. The number of carbonyl (C=O) groups excluding carboxylic acids is 2. The van der Waals surface area contributed by atoms with Gasteiger partial charge in [0.15, 0.2) is 0 Å². The van der Waals surface area contributed by atoms with Gasteiger partial charge in [-0.05, 0) is 24.3 Å². The van der Waals surface area contributed by atoms with E-state index in [-0.39, 0.29) is 19.0 Å². The first-order chi connectivity index (χ1) is 11.0. The van der Waals surface area contributed by atoms with E-state index in [2.05, 4.69) is 10.1 Å². The van der Waals surface area contributed by atoms with Crippen LogP contribution >= 0.6 is 0 Å². The molecule has 0 radical (unpaired) electrons. The highest BCUT2D eigenvalue weighted by Gasteiger charge is 2.22. The summed E-state index contributed by atoms with van der Waals surface area (Å²) in [6.45, 7) is 5.62. The molecule has 0 spiro atoms. The van der Waals surface area contributed by atoms with E-state index in [1.54, 1.807) is 20.8 Å². The van der Waals surface area contributed by atoms with E-state index in [1.165, 1.54) is 35.7 Å². The monoisotopic (exact) mass is 356 g/mol. The highest BCUT2D eigenvalue weighted by Crippen LogP contribution is 2.18. The molecule has 0 fully saturated rings. The number of esters is 1. The lowest BCUT2D eigenvalue weighted by Gasteiger charge is -2.24. The summed E-state index contributed by atoms with van der Waals surface area (Å²) in [4.78, 5) is 23.3. The highest BCUT2D eigenvalue weighted by molar-refractivity contribution is 7.92. The summed E-state index contributed by atoms with van der Waals surface area (Å²) in [5, 5.41) is 2.71. The van der Waals surface area contributed by atoms with Gasteiger partial charge in [-0.1, -0.05) is 20.8 Å². The molecule has 0 heterocycles. The fourth-order valence-electron chi connectivity index (χ4n) is 1.90. The standard InChI is InChI=1S/C16H24N2O5S/c1-16(2,3)15(20)17-10-11-18(24(5,21)22)13-8-6-12(7-9-13)14(19)23-4/h6-9H,10-11H2,1-5H3,(H,17,20). The van der Waals surface area contributed by atoms with Crippen LogP contribution in [0.1, 0.15) is 31.1 Å². The van der Waals surface area contributed by atoms with Crippen LogP contribution < -0.4 is 9.62 Å². The molecule has 1 rings (SSSR count). The van der Waals surface area contributed by atoms with Crippen LogP contribution in [-0.2, 0) is 19.6 Å². The average molecular weight is 356 g/mol. The molecule has 0 saturated heterocycles. The number of methoxy groups -OCH3 is 1. The van der Waals surface area contributed by atoms with Gasteiger partial charge in [0.1, 0.15) is 0 Å². The van der Waals surface area contributed by atoms with Gasteiger partial charge in [0.25, 0.3) is 0 Å². The lowest BCUT2D eigenvalue weighted by molar-refractivity contribution is -0.128. The Morgan fingerprint density at radius 1 is 1.17 bits per heavy atom. The van der Waals surface area contributed by atoms with Crippen molar-refractivity contribution in [3.05, 3.63) is 29.8 Å². The number of rotatable bonds is 6. The van der Waals surface area contributed by atoms with Crippen molar-refractivity contribution in [1.29, 1.82) is 0 Å². The van der Waals surface area contributed by atoms with Gasteiger partial charge < -0.3 is 10.1 Å². The third-order valence-electron chi connectivity index (χ3n) is 3.26. The topological polar surface area (TPSA) is 92.8 Å². The van der Waals surface area contributed by atoms with Gasteiger partial charge in [0.2, 0.25) is 15.9 Å². The van der Waals surface area contributed by atoms with Gasteiger partial charge in [-0.2, -0.15) is 0 Å². The molecule has 7 nitrogen and oxygen atoms in total. The van der Waals surface area contributed by atoms with Gasteiger partial charge in [-0.15, -0.1) is 0 Å². The van der Waals surface area contributed by atoms with Crippen LogP contribution in [0.3, 0.4) is 0 Å². The number of carbonyl (C=O) groups is 2. The molecule has 1 aromatic carbocycles. The predicted octanol–water partition coefficient (Wildman–Crippen LogP) is 1.40. The van der Waals surface area contributed by atoms with Crippen molar-refractivity contribution < 1.29 is 22.7 Å². The van der Waals surface area contributed by atoms with Crippen molar-refractivity contribution in [1.82, 2.24) is 5.32 Å². The lowest BCUT2D eigenvalue weighted by Crippen LogP contribution is -2.41. The Morgan fingerprint density at radius 2 is 1.71 bits per heavy atom. The summed E-state index contributed by atoms with van der Waals surface area (Å²) >= 11 is 0. The quantitative estimate of drug-likeness (QED) is 0.778. The number of sulfonamides is 1. The molecule has 1 N–H and O–H groups in total. The minimum atomic E-state index is -3.52. The van der Waals surface area contributed by atoms with E-state index < -0.39 is 21.4 Å². The van der Waals surface area contributed by atoms with Crippen LogP contribution in [0.4, 0.5) is 5.69 Å². The van der Waals surface area contributed by atoms with Gasteiger partial charge in [0, 0.05) is 12.0 Å². The second-order valence-electron chi connectivity index (χ2n) is 6.38. The maximum atomic E-state index is 12.0. The molecule has 0 bridgehead atoms. The lowest BCUT2D eigenvalue weighted by atomic mass is 9.96. The number of nitrogens with zero attached hydrogens (tertiary/aromatic N) is 1. The Morgan fingerprint density at radius 3 is 2.12 bits per heavy atom. The zero-order valence-corrected chi connectivity index (χ0v) is 15.4. The number of ether oxygens (including phenoxy) is 1. The van der Waals surface area contributed by atoms with E-state index in [0.29, 0.717) is 11.3 Å². The predicted molar refractivity (Wildman–Crippen MR) is 92.4 cm³/mol. The van der Waals surface area contributed by atoms with Crippen molar-refractivity contribution in [3.8, 4) is 0 Å². The number of nitrogens with one attached hydrogen (secondary N) is 1. The summed E-state index contributed by atoms with van der Waals surface area (Å²) in [7, 11) is -2.25. The summed E-state index contributed by atoms with van der Waals surface area (Å²) < 4.78 is 29.8. The first-order valence-electron chi connectivity index (χ1n) is 7.41. The third kappa shape index (κ3) is 5.52. The van der Waals surface area contributed by atoms with Crippen molar-refractivity contribution in [2.45, 2.75) is 20.8 Å². The van der Waals surface area contributed by atoms with E-state index in [4.69, 9.17) is 0 Å². The molecule has 0 aromatic heterocycles. The molecule has 8 heteroatoms. The number of hydrogen-bond donors (Lipinski definition) is 1. The van der Waals surface area contributed by atoms with Crippen LogP contribution in [0.15, 0.2) is 24.3 Å². The highest BCUT2D eigenvalue weighted by atomic mass is 32.2. The summed E-state index contributed by atoms with van der Waals surface area (Å²) in [5.74, 6) is -0.651. The fourth-order valence-corrected chi connectivity index (χ4v) is 2.83. The second-order valence-corrected chi connectivity index (χ2v) is 8.29. The van der Waals surface area contributed by atoms with Crippen LogP contribution in [0.5, 0.6) is 0 Å². The van der Waals surface area contributed by atoms with Crippen LogP contribution in [0.25, 0.3) is 0 Å². The van der Waals surface area contributed by atoms with E-state index in [9.17, 15) is 18.0 Å². The van der Waals surface area contributed by atoms with Crippen LogP contribution in [0.2, 0.25) is 0 Å². The number of hydrogen-bond acceptors (Lipinski definition) is 5. The van der Waals surface area contributed by atoms with E-state index in [0.717, 1.165) is 6.26 Å². The Bertz CT molecular complexity index is 690. The molecule has 0 aliphatic carbocycles. The molecule has 24 heavy (non-hydrogen) atoms. The molecule has 0 aliphatic rings. The van der Waals surface area contributed by atoms with Gasteiger partial charge >= 0.3 is 5.97 Å². The molecular formula is C16H24N2O5S. The Labute approximate surface area is 143 Å². The molecule has 1 aromatic rings. The van der Waals surface area contributed by atoms with Gasteiger partial charge in [0.05, 0.1) is 31.2 Å². The van der Waals surface area contributed by atoms with Gasteiger partial charge in [-0.25, -0.2) is 13.2 Å². The SMILES string of the molecule is COC(=O)c1ccc(N(CCNC(=O)C(C)(C)C)S(C)(=O)=O)cc1. The fraction of sp³-hybridized carbons (Fsp3) is 0.500. The smallest absolute Gasteiger partial charge is 0.337 e. The summed E-state index contributed by atoms with van der Waals surface area (Å²) in [6.07, 6.45) is 1.09. The number of anilines is 1. The molecule has 1 amide bonds. The minimum absolute atomic E-state index is 0.0955. The summed E-state index contributed by atoms with van der Waals surface area (Å²) in [5.41, 5.74) is 0.198. The van der Waals surface area contributed by atoms with E-state index in [1.807, 2.05) is 0 Å². The molecule has 134 valence electrons. The molecule has 0 unspecified atom stereocenters. The summed E-state index contributed by atoms with van der Waals surface area (Å²) in [6, 6.07) is 6.04. The molecule has 0 saturated carbocycles. The van der Waals surface area contributed by atoms with Crippen molar-refractivity contribution in [2.75, 3.05) is 30.8 Å². The van der Waals surface area contributed by atoms with Crippen LogP contribution in [-0.4, -0.2) is 46.7 Å². The first-order valence-corrected chi connectivity index (χ1v) is 9.26. The van der Waals surface area contributed by atoms with E-state index >= 15 is 0 Å². The Kier molecular flexibility index (Phi) is 6.36. The Balaban J connectivity index is 2.88. The maximum Gasteiger partial charge on any atom is 0.337 e. The largest absolute Gasteiger partial charge is 0.465 e. The molecule has 0 atom stereocenters. The van der Waals surface area contributed by atoms with Crippen LogP contribution in [0, 0.1) is 5.41 Å². The second kappa shape index (κ2) is 7.65. The number of benzene rings is 1. The Hall–Kier alpha value is -2.09.